The van der Waals surface area contributed by atoms with Gasteiger partial charge in [-0.2, -0.15) is 10.5 Å². The Kier molecular flexibility index (Phi) is 4.21. The van der Waals surface area contributed by atoms with Crippen molar-refractivity contribution in [3.8, 4) is 12.1 Å². The summed E-state index contributed by atoms with van der Waals surface area (Å²) < 4.78 is 0. The Labute approximate surface area is 98.6 Å². The first-order valence-corrected chi connectivity index (χ1v) is 4.83. The van der Waals surface area contributed by atoms with Gasteiger partial charge in [-0.05, 0) is 6.42 Å². The molecular formula is C10H14N4O3. The van der Waals surface area contributed by atoms with Crippen molar-refractivity contribution >= 4 is 11.9 Å². The van der Waals surface area contributed by atoms with E-state index in [2.05, 4.69) is 0 Å². The number of carbonyl (C=O) groups excluding carboxylic acids is 1. The molecule has 3 atom stereocenters. The lowest BCUT2D eigenvalue weighted by Gasteiger charge is -2.39. The molecule has 0 saturated heterocycles. The molecule has 5 N–H and O–H groups in total. The number of rotatable bonds is 5. The van der Waals surface area contributed by atoms with Crippen molar-refractivity contribution in [1.29, 1.82) is 10.5 Å². The highest BCUT2D eigenvalue weighted by molar-refractivity contribution is 5.87. The van der Waals surface area contributed by atoms with Gasteiger partial charge in [0.05, 0.1) is 12.1 Å². The van der Waals surface area contributed by atoms with Crippen LogP contribution < -0.4 is 11.5 Å². The summed E-state index contributed by atoms with van der Waals surface area (Å²) in [6.45, 7) is 2.83. The molecule has 0 aromatic carbocycles. The summed E-state index contributed by atoms with van der Waals surface area (Å²) in [5, 5.41) is 26.8. The van der Waals surface area contributed by atoms with Gasteiger partial charge in [-0.1, -0.05) is 13.8 Å². The van der Waals surface area contributed by atoms with Gasteiger partial charge < -0.3 is 16.6 Å². The van der Waals surface area contributed by atoms with Crippen LogP contribution in [-0.2, 0) is 9.59 Å². The van der Waals surface area contributed by atoms with Crippen LogP contribution in [0.4, 0.5) is 0 Å². The molecule has 92 valence electrons. The number of carbonyl (C=O) groups is 2. The predicted octanol–water partition coefficient (Wildman–Crippen LogP) is -0.667. The first-order valence-electron chi connectivity index (χ1n) is 4.83. The fraction of sp³-hybridized carbons (Fsp3) is 0.600. The molecule has 0 saturated carbocycles. The lowest BCUT2D eigenvalue weighted by Crippen LogP contribution is -2.63. The third-order valence-electron chi connectivity index (χ3n) is 3.20. The van der Waals surface area contributed by atoms with Gasteiger partial charge in [0.1, 0.15) is 5.92 Å². The number of amides is 1. The number of aliphatic carboxylic acids is 1. The van der Waals surface area contributed by atoms with E-state index in [1.807, 2.05) is 0 Å². The van der Waals surface area contributed by atoms with Gasteiger partial charge in [-0.25, -0.2) is 4.79 Å². The second-order valence-electron chi connectivity index (χ2n) is 3.96. The molecule has 0 spiro atoms. The van der Waals surface area contributed by atoms with E-state index in [1.54, 1.807) is 6.07 Å². The van der Waals surface area contributed by atoms with Crippen molar-refractivity contribution in [2.45, 2.75) is 25.8 Å². The number of nitrogens with two attached hydrogens (primary N) is 2. The minimum atomic E-state index is -2.35. The van der Waals surface area contributed by atoms with E-state index in [1.165, 1.54) is 19.9 Å². The molecule has 3 unspecified atom stereocenters. The molecule has 0 rings (SSSR count). The molecule has 0 fully saturated rings. The highest BCUT2D eigenvalue weighted by Gasteiger charge is 2.57. The minimum Gasteiger partial charge on any atom is -0.479 e. The molecule has 0 aliphatic heterocycles. The smallest absolute Gasteiger partial charge is 0.339 e. The molecule has 17 heavy (non-hydrogen) atoms. The van der Waals surface area contributed by atoms with E-state index in [4.69, 9.17) is 27.1 Å². The number of hydrogen-bond acceptors (Lipinski definition) is 5. The predicted molar refractivity (Wildman–Crippen MR) is 56.9 cm³/mol. The van der Waals surface area contributed by atoms with Crippen LogP contribution >= 0.6 is 0 Å². The average Bonchev–Trinajstić information content (AvgIpc) is 2.27. The second-order valence-corrected chi connectivity index (χ2v) is 3.96. The summed E-state index contributed by atoms with van der Waals surface area (Å²) in [6.07, 6.45) is 0.0462. The van der Waals surface area contributed by atoms with Gasteiger partial charge in [-0.15, -0.1) is 0 Å². The van der Waals surface area contributed by atoms with Crippen molar-refractivity contribution in [2.24, 2.45) is 22.8 Å². The average molecular weight is 238 g/mol. The summed E-state index contributed by atoms with van der Waals surface area (Å²) in [7, 11) is 0. The maximum absolute atomic E-state index is 11.2. The third kappa shape index (κ3) is 2.05. The highest BCUT2D eigenvalue weighted by atomic mass is 16.4. The van der Waals surface area contributed by atoms with Crippen molar-refractivity contribution < 1.29 is 14.7 Å². The fourth-order valence-electron chi connectivity index (χ4n) is 1.65. The lowest BCUT2D eigenvalue weighted by atomic mass is 9.62. The minimum absolute atomic E-state index is 0.0462. The Bertz CT molecular complexity index is 422. The van der Waals surface area contributed by atoms with Gasteiger partial charge in [0.15, 0.2) is 0 Å². The van der Waals surface area contributed by atoms with E-state index in [0.717, 1.165) is 0 Å². The van der Waals surface area contributed by atoms with Gasteiger partial charge in [0, 0.05) is 5.41 Å². The second kappa shape index (κ2) is 4.81. The van der Waals surface area contributed by atoms with Crippen LogP contribution in [0.5, 0.6) is 0 Å². The van der Waals surface area contributed by atoms with Crippen LogP contribution in [0, 0.1) is 34.0 Å². The molecule has 0 aromatic heterocycles. The summed E-state index contributed by atoms with van der Waals surface area (Å²) in [5.41, 5.74) is 6.65. The van der Waals surface area contributed by atoms with Crippen LogP contribution in [0.2, 0.25) is 0 Å². The van der Waals surface area contributed by atoms with E-state index >= 15 is 0 Å². The number of hydrogen-bond donors (Lipinski definition) is 3. The van der Waals surface area contributed by atoms with E-state index in [0.29, 0.717) is 0 Å². The summed E-state index contributed by atoms with van der Waals surface area (Å²) in [5.74, 6) is -4.04. The topological polar surface area (TPSA) is 154 Å². The van der Waals surface area contributed by atoms with Gasteiger partial charge >= 0.3 is 5.97 Å². The summed E-state index contributed by atoms with van der Waals surface area (Å²) in [4.78, 5) is 22.3. The van der Waals surface area contributed by atoms with E-state index < -0.39 is 28.7 Å². The molecule has 0 aliphatic rings. The molecule has 0 radical (unpaired) electrons. The monoisotopic (exact) mass is 238 g/mol. The standard InChI is InChI=1S/C10H14N4O3/c1-3-9(2,6(4-11)7(13)15)10(14,5-12)8(16)17/h6H,3,14H2,1-2H3,(H2,13,15)(H,16,17). The Morgan fingerprint density at radius 1 is 1.47 bits per heavy atom. The van der Waals surface area contributed by atoms with Gasteiger partial charge in [0.25, 0.3) is 0 Å². The molecule has 7 heteroatoms. The maximum Gasteiger partial charge on any atom is 0.339 e. The third-order valence-corrected chi connectivity index (χ3v) is 3.20. The molecule has 0 bridgehead atoms. The molecular weight excluding hydrogens is 224 g/mol. The SMILES string of the molecule is CCC(C)(C(C#N)C(N)=O)C(N)(C#N)C(=O)O. The van der Waals surface area contributed by atoms with Crippen LogP contribution in [0.15, 0.2) is 0 Å². The van der Waals surface area contributed by atoms with E-state index in [-0.39, 0.29) is 6.42 Å². The van der Waals surface area contributed by atoms with Crippen molar-refractivity contribution in [3.05, 3.63) is 0 Å². The Balaban J connectivity index is 5.90. The Morgan fingerprint density at radius 3 is 2.12 bits per heavy atom. The van der Waals surface area contributed by atoms with Crippen molar-refractivity contribution in [1.82, 2.24) is 0 Å². The number of carboxylic acids is 1. The Hall–Kier alpha value is -2.12. The summed E-state index contributed by atoms with van der Waals surface area (Å²) >= 11 is 0. The van der Waals surface area contributed by atoms with Gasteiger partial charge in [-0.3, -0.25) is 4.79 Å². The Morgan fingerprint density at radius 2 is 1.94 bits per heavy atom. The zero-order valence-electron chi connectivity index (χ0n) is 9.60. The molecule has 0 aromatic rings. The number of carboxylic acid groups (broad SMARTS) is 1. The van der Waals surface area contributed by atoms with Crippen LogP contribution in [0.3, 0.4) is 0 Å². The maximum atomic E-state index is 11.2. The largest absolute Gasteiger partial charge is 0.479 e. The normalized spacial score (nSPS) is 18.9. The zero-order valence-corrected chi connectivity index (χ0v) is 9.60. The van der Waals surface area contributed by atoms with Crippen molar-refractivity contribution in [3.63, 3.8) is 0 Å². The molecule has 0 aliphatic carbocycles. The van der Waals surface area contributed by atoms with Crippen LogP contribution in [0.25, 0.3) is 0 Å². The summed E-state index contributed by atoms with van der Waals surface area (Å²) in [6, 6.07) is 3.08. The first-order chi connectivity index (χ1) is 7.71. The van der Waals surface area contributed by atoms with Gasteiger partial charge in [0.2, 0.25) is 11.4 Å². The van der Waals surface area contributed by atoms with Crippen molar-refractivity contribution in [2.75, 3.05) is 0 Å². The molecule has 0 heterocycles. The number of nitriles is 2. The first kappa shape index (κ1) is 14.9. The van der Waals surface area contributed by atoms with Crippen LogP contribution in [-0.4, -0.2) is 22.5 Å². The molecule has 1 amide bonds. The quantitative estimate of drug-likeness (QED) is 0.577. The lowest BCUT2D eigenvalue weighted by molar-refractivity contribution is -0.147. The van der Waals surface area contributed by atoms with Crippen LogP contribution in [0.1, 0.15) is 20.3 Å². The highest BCUT2D eigenvalue weighted by Crippen LogP contribution is 2.40. The zero-order chi connectivity index (χ0) is 13.9. The number of primary amides is 1. The van der Waals surface area contributed by atoms with E-state index in [9.17, 15) is 9.59 Å². The molecule has 7 nitrogen and oxygen atoms in total. The fourth-order valence-corrected chi connectivity index (χ4v) is 1.65. The number of nitrogens with zero attached hydrogens (tertiary/aromatic N) is 2.